The molecule has 5 nitrogen and oxygen atoms in total. The number of hydrogen-bond acceptors (Lipinski definition) is 3. The summed E-state index contributed by atoms with van der Waals surface area (Å²) in [5.74, 6) is -0.963. The molecule has 0 spiro atoms. The molecule has 2 aromatic carbocycles. The Kier molecular flexibility index (Phi) is 4.17. The first-order valence-corrected chi connectivity index (χ1v) is 10.4. The van der Waals surface area contributed by atoms with E-state index in [2.05, 4.69) is 11.4 Å². The highest BCUT2D eigenvalue weighted by Crippen LogP contribution is 2.56. The van der Waals surface area contributed by atoms with Crippen molar-refractivity contribution in [2.24, 2.45) is 23.7 Å². The van der Waals surface area contributed by atoms with Crippen molar-refractivity contribution >= 4 is 29.1 Å². The van der Waals surface area contributed by atoms with Gasteiger partial charge in [0.15, 0.2) is 0 Å². The van der Waals surface area contributed by atoms with Crippen LogP contribution in [-0.2, 0) is 9.59 Å². The number of para-hydroxylation sites is 1. The molecule has 3 aliphatic rings. The van der Waals surface area contributed by atoms with E-state index >= 15 is 0 Å². The van der Waals surface area contributed by atoms with Crippen LogP contribution in [0.2, 0.25) is 0 Å². The van der Waals surface area contributed by atoms with E-state index in [9.17, 15) is 14.4 Å². The number of allylic oxidation sites excluding steroid dienone is 2. The molecule has 4 atom stereocenters. The summed E-state index contributed by atoms with van der Waals surface area (Å²) in [6, 6.07) is 12.7. The maximum atomic E-state index is 13.3. The van der Waals surface area contributed by atoms with Crippen LogP contribution in [-0.4, -0.2) is 17.7 Å². The third-order valence-electron chi connectivity index (χ3n) is 6.75. The number of imide groups is 1. The van der Waals surface area contributed by atoms with Gasteiger partial charge in [0, 0.05) is 5.69 Å². The molecule has 1 saturated carbocycles. The van der Waals surface area contributed by atoms with Gasteiger partial charge in [0.05, 0.1) is 23.1 Å². The highest BCUT2D eigenvalue weighted by atomic mass is 16.2. The SMILES string of the molecule is CC1=C[C@@H]2C[C@H]1[C@@H]1C(=O)N(c3ccccc3C(=O)Nc3cc(C)cc(C)c3)C(=O)[C@@H]12. The standard InChI is InChI=1S/C25H24N2O3/c1-13-8-14(2)10-17(9-13)26-23(28)18-6-4-5-7-20(18)27-24(29)21-16-11-15(3)19(12-16)22(21)25(27)30/h4-11,16,19,21-22H,12H2,1-3H3,(H,26,28)/t16-,19-,21-,22+/m1/s1. The lowest BCUT2D eigenvalue weighted by Gasteiger charge is -2.20. The van der Waals surface area contributed by atoms with E-state index in [0.29, 0.717) is 16.9 Å². The minimum atomic E-state index is -0.328. The van der Waals surface area contributed by atoms with E-state index in [1.165, 1.54) is 10.5 Å². The molecule has 152 valence electrons. The molecule has 3 amide bonds. The smallest absolute Gasteiger partial charge is 0.257 e. The Morgan fingerprint density at radius 3 is 2.37 bits per heavy atom. The van der Waals surface area contributed by atoms with E-state index in [-0.39, 0.29) is 41.4 Å². The zero-order chi connectivity index (χ0) is 21.2. The maximum Gasteiger partial charge on any atom is 0.257 e. The van der Waals surface area contributed by atoms with Crippen LogP contribution in [0.3, 0.4) is 0 Å². The molecule has 0 aromatic heterocycles. The predicted octanol–water partition coefficient (Wildman–Crippen LogP) is 4.26. The van der Waals surface area contributed by atoms with E-state index in [0.717, 1.165) is 17.5 Å². The molecule has 2 aliphatic carbocycles. The number of amides is 3. The predicted molar refractivity (Wildman–Crippen MR) is 115 cm³/mol. The summed E-state index contributed by atoms with van der Waals surface area (Å²) in [6.45, 7) is 6.00. The molecular formula is C25H24N2O3. The molecule has 2 fully saturated rings. The van der Waals surface area contributed by atoms with E-state index < -0.39 is 0 Å². The van der Waals surface area contributed by atoms with Gasteiger partial charge in [0.25, 0.3) is 5.91 Å². The van der Waals surface area contributed by atoms with Gasteiger partial charge < -0.3 is 5.32 Å². The zero-order valence-electron chi connectivity index (χ0n) is 17.3. The summed E-state index contributed by atoms with van der Waals surface area (Å²) < 4.78 is 0. The fourth-order valence-electron chi connectivity index (χ4n) is 5.62. The van der Waals surface area contributed by atoms with Crippen molar-refractivity contribution < 1.29 is 14.4 Å². The van der Waals surface area contributed by atoms with Gasteiger partial charge in [0.2, 0.25) is 11.8 Å². The van der Waals surface area contributed by atoms with Crippen molar-refractivity contribution in [2.75, 3.05) is 10.2 Å². The third kappa shape index (κ3) is 2.72. The molecule has 1 N–H and O–H groups in total. The maximum absolute atomic E-state index is 13.3. The van der Waals surface area contributed by atoms with E-state index in [1.54, 1.807) is 24.3 Å². The van der Waals surface area contributed by atoms with Gasteiger partial charge in [-0.15, -0.1) is 0 Å². The van der Waals surface area contributed by atoms with Crippen LogP contribution in [0.15, 0.2) is 54.1 Å². The van der Waals surface area contributed by atoms with Crippen molar-refractivity contribution in [3.8, 4) is 0 Å². The minimum Gasteiger partial charge on any atom is -0.322 e. The zero-order valence-corrected chi connectivity index (χ0v) is 17.3. The molecule has 0 unspecified atom stereocenters. The normalized spacial score (nSPS) is 26.8. The first kappa shape index (κ1) is 18.8. The number of carbonyl (C=O) groups is 3. The van der Waals surface area contributed by atoms with Gasteiger partial charge in [-0.25, -0.2) is 4.90 Å². The number of aryl methyl sites for hydroxylation is 2. The number of carbonyl (C=O) groups excluding carboxylic acids is 3. The number of anilines is 2. The van der Waals surface area contributed by atoms with Crippen molar-refractivity contribution in [1.29, 1.82) is 0 Å². The van der Waals surface area contributed by atoms with Gasteiger partial charge in [-0.1, -0.05) is 29.8 Å². The summed E-state index contributed by atoms with van der Waals surface area (Å²) in [5.41, 5.74) is 4.71. The lowest BCUT2D eigenvalue weighted by atomic mass is 9.82. The second kappa shape index (κ2) is 6.66. The van der Waals surface area contributed by atoms with Crippen LogP contribution >= 0.6 is 0 Å². The Bertz CT molecular complexity index is 1110. The lowest BCUT2D eigenvalue weighted by molar-refractivity contribution is -0.123. The van der Waals surface area contributed by atoms with E-state index in [1.807, 2.05) is 39.0 Å². The minimum absolute atomic E-state index is 0.137. The number of hydrogen-bond donors (Lipinski definition) is 1. The first-order chi connectivity index (χ1) is 14.3. The van der Waals surface area contributed by atoms with Crippen LogP contribution < -0.4 is 10.2 Å². The van der Waals surface area contributed by atoms with Crippen LogP contribution in [0.5, 0.6) is 0 Å². The summed E-state index contributed by atoms with van der Waals surface area (Å²) in [6.07, 6.45) is 3.04. The third-order valence-corrected chi connectivity index (χ3v) is 6.75. The van der Waals surface area contributed by atoms with Crippen molar-refractivity contribution in [3.63, 3.8) is 0 Å². The van der Waals surface area contributed by atoms with Gasteiger partial charge in [-0.05, 0) is 74.4 Å². The number of nitrogens with zero attached hydrogens (tertiary/aromatic N) is 1. The Labute approximate surface area is 175 Å². The summed E-state index contributed by atoms with van der Waals surface area (Å²) in [7, 11) is 0. The number of nitrogens with one attached hydrogen (secondary N) is 1. The Balaban J connectivity index is 1.48. The highest BCUT2D eigenvalue weighted by molar-refractivity contribution is 6.25. The largest absolute Gasteiger partial charge is 0.322 e. The lowest BCUT2D eigenvalue weighted by Crippen LogP contribution is -2.34. The van der Waals surface area contributed by atoms with Crippen LogP contribution in [0, 0.1) is 37.5 Å². The summed E-state index contributed by atoms with van der Waals surface area (Å²) in [4.78, 5) is 40.9. The Morgan fingerprint density at radius 2 is 1.63 bits per heavy atom. The second-order valence-electron chi connectivity index (χ2n) is 8.83. The fourth-order valence-corrected chi connectivity index (χ4v) is 5.62. The average molecular weight is 400 g/mol. The molecule has 2 bridgehead atoms. The average Bonchev–Trinajstić information content (AvgIpc) is 3.31. The second-order valence-corrected chi connectivity index (χ2v) is 8.83. The summed E-state index contributed by atoms with van der Waals surface area (Å²) >= 11 is 0. The molecular weight excluding hydrogens is 376 g/mol. The Morgan fingerprint density at radius 1 is 0.967 bits per heavy atom. The molecule has 30 heavy (non-hydrogen) atoms. The molecule has 2 aromatic rings. The van der Waals surface area contributed by atoms with Gasteiger partial charge in [0.1, 0.15) is 0 Å². The monoisotopic (exact) mass is 400 g/mol. The molecule has 5 rings (SSSR count). The fraction of sp³-hybridized carbons (Fsp3) is 0.320. The molecule has 1 saturated heterocycles. The quantitative estimate of drug-likeness (QED) is 0.618. The van der Waals surface area contributed by atoms with Crippen LogP contribution in [0.1, 0.15) is 34.8 Å². The molecule has 5 heteroatoms. The number of benzene rings is 2. The van der Waals surface area contributed by atoms with Crippen LogP contribution in [0.25, 0.3) is 0 Å². The van der Waals surface area contributed by atoms with Crippen LogP contribution in [0.4, 0.5) is 11.4 Å². The van der Waals surface area contributed by atoms with Gasteiger partial charge >= 0.3 is 0 Å². The van der Waals surface area contributed by atoms with Gasteiger partial charge in [-0.2, -0.15) is 0 Å². The van der Waals surface area contributed by atoms with Gasteiger partial charge in [-0.3, -0.25) is 14.4 Å². The number of rotatable bonds is 3. The molecule has 1 aliphatic heterocycles. The highest BCUT2D eigenvalue weighted by Gasteiger charge is 2.61. The topological polar surface area (TPSA) is 66.5 Å². The van der Waals surface area contributed by atoms with Crippen molar-refractivity contribution in [1.82, 2.24) is 0 Å². The van der Waals surface area contributed by atoms with Crippen molar-refractivity contribution in [3.05, 3.63) is 70.8 Å². The number of fused-ring (bicyclic) bond motifs is 5. The first-order valence-electron chi connectivity index (χ1n) is 10.4. The van der Waals surface area contributed by atoms with E-state index in [4.69, 9.17) is 0 Å². The molecule has 1 heterocycles. The Hall–Kier alpha value is -3.21. The molecule has 0 radical (unpaired) electrons. The summed E-state index contributed by atoms with van der Waals surface area (Å²) in [5, 5.41) is 2.92. The van der Waals surface area contributed by atoms with Crippen molar-refractivity contribution in [2.45, 2.75) is 27.2 Å².